The van der Waals surface area contributed by atoms with E-state index < -0.39 is 55.1 Å². The van der Waals surface area contributed by atoms with Crippen LogP contribution in [0.25, 0.3) is 0 Å². The van der Waals surface area contributed by atoms with E-state index in [1.807, 2.05) is 0 Å². The molecule has 0 spiro atoms. The number of rotatable bonds is 6. The van der Waals surface area contributed by atoms with Crippen molar-refractivity contribution in [2.45, 2.75) is 43.2 Å². The molecular weight excluding hydrogens is 361 g/mol. The van der Waals surface area contributed by atoms with Crippen molar-refractivity contribution >= 4 is 11.9 Å². The number of aromatic nitrogens is 3. The average molecular weight is 371 g/mol. The summed E-state index contributed by atoms with van der Waals surface area (Å²) >= 11 is 0. The van der Waals surface area contributed by atoms with E-state index in [9.17, 15) is 39.5 Å². The Hall–Kier alpha value is -2.02. The van der Waals surface area contributed by atoms with Gasteiger partial charge in [-0.3, -0.25) is 0 Å². The third-order valence-corrected chi connectivity index (χ3v) is 2.82. The third kappa shape index (κ3) is 3.72. The van der Waals surface area contributed by atoms with Gasteiger partial charge in [0.25, 0.3) is 0 Å². The number of hydrogen-bond acceptors (Lipinski definition) is 5. The van der Waals surface area contributed by atoms with Crippen LogP contribution in [0.15, 0.2) is 0 Å². The van der Waals surface area contributed by atoms with Gasteiger partial charge in [0.15, 0.2) is 0 Å². The standard InChI is InChI=1S/C10H10F9N5/c11-7(12,8(13,14)9(15,16)10(17,18)19)3-1-2-4-22-5(20)24-6(21)23-4/h1-3H2,(H4,20,21,22,23,24). The highest BCUT2D eigenvalue weighted by molar-refractivity contribution is 5.25. The summed E-state index contributed by atoms with van der Waals surface area (Å²) in [6.45, 7) is 0. The van der Waals surface area contributed by atoms with Crippen LogP contribution in [-0.4, -0.2) is 38.9 Å². The highest BCUT2D eigenvalue weighted by atomic mass is 19.4. The van der Waals surface area contributed by atoms with Crippen LogP contribution in [0.5, 0.6) is 0 Å². The molecule has 0 atom stereocenters. The van der Waals surface area contributed by atoms with E-state index in [2.05, 4.69) is 15.0 Å². The summed E-state index contributed by atoms with van der Waals surface area (Å²) in [4.78, 5) is 10.2. The number of nitrogens with two attached hydrogens (primary N) is 2. The van der Waals surface area contributed by atoms with Crippen LogP contribution in [0.4, 0.5) is 51.4 Å². The second-order valence-electron chi connectivity index (χ2n) is 4.67. The highest BCUT2D eigenvalue weighted by Gasteiger charge is 2.81. The lowest BCUT2D eigenvalue weighted by Crippen LogP contribution is -2.60. The normalized spacial score (nSPS) is 14.0. The second-order valence-corrected chi connectivity index (χ2v) is 4.67. The van der Waals surface area contributed by atoms with Crippen molar-refractivity contribution in [3.63, 3.8) is 0 Å². The molecule has 0 unspecified atom stereocenters. The van der Waals surface area contributed by atoms with Crippen LogP contribution in [-0.2, 0) is 6.42 Å². The summed E-state index contributed by atoms with van der Waals surface area (Å²) in [5.74, 6) is -20.3. The zero-order valence-electron chi connectivity index (χ0n) is 11.5. The van der Waals surface area contributed by atoms with Crippen molar-refractivity contribution in [2.75, 3.05) is 11.5 Å². The molecule has 1 rings (SSSR count). The Morgan fingerprint density at radius 2 is 1.17 bits per heavy atom. The molecule has 0 aromatic carbocycles. The van der Waals surface area contributed by atoms with Crippen LogP contribution in [0.3, 0.4) is 0 Å². The van der Waals surface area contributed by atoms with E-state index in [1.54, 1.807) is 0 Å². The number of nitrogens with zero attached hydrogens (tertiary/aromatic N) is 3. The fourth-order valence-electron chi connectivity index (χ4n) is 1.60. The number of anilines is 2. The first-order chi connectivity index (χ1) is 10.6. The van der Waals surface area contributed by atoms with Crippen LogP contribution in [0.2, 0.25) is 0 Å². The van der Waals surface area contributed by atoms with E-state index in [0.717, 1.165) is 0 Å². The van der Waals surface area contributed by atoms with Gasteiger partial charge in [0.1, 0.15) is 5.82 Å². The van der Waals surface area contributed by atoms with Gasteiger partial charge in [-0.25, -0.2) is 0 Å². The van der Waals surface area contributed by atoms with Crippen molar-refractivity contribution in [2.24, 2.45) is 0 Å². The molecule has 0 fully saturated rings. The summed E-state index contributed by atoms with van der Waals surface area (Å²) in [7, 11) is 0. The molecule has 1 heterocycles. The van der Waals surface area contributed by atoms with Crippen molar-refractivity contribution in [1.82, 2.24) is 15.0 Å². The molecule has 0 aliphatic heterocycles. The molecule has 138 valence electrons. The molecule has 0 saturated carbocycles. The van der Waals surface area contributed by atoms with E-state index in [-0.39, 0.29) is 5.82 Å². The molecule has 24 heavy (non-hydrogen) atoms. The van der Waals surface area contributed by atoms with Gasteiger partial charge in [0.05, 0.1) is 0 Å². The summed E-state index contributed by atoms with van der Waals surface area (Å²) in [6.07, 6.45) is -10.3. The monoisotopic (exact) mass is 371 g/mol. The first kappa shape index (κ1) is 20.0. The smallest absolute Gasteiger partial charge is 0.368 e. The quantitative estimate of drug-likeness (QED) is 0.751. The predicted molar refractivity (Wildman–Crippen MR) is 62.5 cm³/mol. The van der Waals surface area contributed by atoms with Gasteiger partial charge in [-0.15, -0.1) is 0 Å². The Bertz CT molecular complexity index is 566. The Labute approximate surface area is 128 Å². The van der Waals surface area contributed by atoms with Gasteiger partial charge >= 0.3 is 23.9 Å². The predicted octanol–water partition coefficient (Wildman–Crippen LogP) is 2.83. The van der Waals surface area contributed by atoms with Crippen molar-refractivity contribution in [3.8, 4) is 0 Å². The molecule has 4 N–H and O–H groups in total. The van der Waals surface area contributed by atoms with E-state index in [4.69, 9.17) is 11.5 Å². The fourth-order valence-corrected chi connectivity index (χ4v) is 1.60. The van der Waals surface area contributed by atoms with Gasteiger partial charge in [0.2, 0.25) is 11.9 Å². The Morgan fingerprint density at radius 1 is 0.708 bits per heavy atom. The van der Waals surface area contributed by atoms with Crippen molar-refractivity contribution < 1.29 is 39.5 Å². The third-order valence-electron chi connectivity index (χ3n) is 2.82. The van der Waals surface area contributed by atoms with E-state index >= 15 is 0 Å². The van der Waals surface area contributed by atoms with Gasteiger partial charge in [-0.05, 0) is 6.42 Å². The SMILES string of the molecule is Nc1nc(N)nc(CCCC(F)(F)C(F)(F)C(F)(F)C(F)(F)F)n1. The molecule has 1 aromatic rings. The summed E-state index contributed by atoms with van der Waals surface area (Å²) in [5, 5.41) is 0. The van der Waals surface area contributed by atoms with Crippen LogP contribution >= 0.6 is 0 Å². The molecule has 14 heteroatoms. The maximum absolute atomic E-state index is 13.3. The Balaban J connectivity index is 2.85. The zero-order valence-corrected chi connectivity index (χ0v) is 11.5. The van der Waals surface area contributed by atoms with Crippen molar-refractivity contribution in [3.05, 3.63) is 5.82 Å². The van der Waals surface area contributed by atoms with E-state index in [1.165, 1.54) is 0 Å². The van der Waals surface area contributed by atoms with Crippen molar-refractivity contribution in [1.29, 1.82) is 0 Å². The summed E-state index contributed by atoms with van der Waals surface area (Å²) in [5.41, 5.74) is 10.3. The molecule has 1 aromatic heterocycles. The molecule has 0 aliphatic carbocycles. The highest BCUT2D eigenvalue weighted by Crippen LogP contribution is 2.54. The van der Waals surface area contributed by atoms with Crippen LogP contribution in [0, 0.1) is 0 Å². The minimum absolute atomic E-state index is 0.304. The maximum atomic E-state index is 13.3. The second kappa shape index (κ2) is 6.12. The molecule has 0 amide bonds. The number of hydrogen-bond donors (Lipinski definition) is 2. The van der Waals surface area contributed by atoms with Crippen LogP contribution < -0.4 is 11.5 Å². The lowest BCUT2D eigenvalue weighted by Gasteiger charge is -2.33. The first-order valence-corrected chi connectivity index (χ1v) is 6.08. The molecule has 0 aliphatic rings. The van der Waals surface area contributed by atoms with Gasteiger partial charge in [-0.1, -0.05) is 0 Å². The minimum atomic E-state index is -6.90. The average Bonchev–Trinajstić information content (AvgIpc) is 2.35. The van der Waals surface area contributed by atoms with Gasteiger partial charge in [-0.2, -0.15) is 54.5 Å². The Kier molecular flexibility index (Phi) is 5.11. The summed E-state index contributed by atoms with van der Waals surface area (Å²) < 4.78 is 114. The maximum Gasteiger partial charge on any atom is 0.460 e. The number of alkyl halides is 9. The largest absolute Gasteiger partial charge is 0.460 e. The number of halogens is 9. The summed E-state index contributed by atoms with van der Waals surface area (Å²) in [6, 6.07) is 0. The molecule has 5 nitrogen and oxygen atoms in total. The molecular formula is C10H10F9N5. The molecule has 0 radical (unpaired) electrons. The fraction of sp³-hybridized carbons (Fsp3) is 0.700. The lowest BCUT2D eigenvalue weighted by molar-refractivity contribution is -0.396. The lowest BCUT2D eigenvalue weighted by atomic mass is 9.99. The zero-order chi connectivity index (χ0) is 19.0. The molecule has 0 saturated heterocycles. The van der Waals surface area contributed by atoms with Gasteiger partial charge in [0, 0.05) is 12.8 Å². The van der Waals surface area contributed by atoms with E-state index in [0.29, 0.717) is 0 Å². The first-order valence-electron chi connectivity index (χ1n) is 6.08. The topological polar surface area (TPSA) is 90.7 Å². The number of aryl methyl sites for hydroxylation is 1. The van der Waals surface area contributed by atoms with Crippen LogP contribution in [0.1, 0.15) is 18.7 Å². The molecule has 0 bridgehead atoms. The van der Waals surface area contributed by atoms with Gasteiger partial charge < -0.3 is 11.5 Å². The minimum Gasteiger partial charge on any atom is -0.368 e. The number of nitrogen functional groups attached to an aromatic ring is 2. The Morgan fingerprint density at radius 3 is 1.58 bits per heavy atom.